The second-order valence-electron chi connectivity index (χ2n) is 5.88. The van der Waals surface area contributed by atoms with E-state index in [2.05, 4.69) is 41.3 Å². The molecule has 2 N–H and O–H groups in total. The van der Waals surface area contributed by atoms with Crippen LogP contribution in [0.15, 0.2) is 0 Å². The van der Waals surface area contributed by atoms with Gasteiger partial charge in [0.25, 0.3) is 5.91 Å². The highest BCUT2D eigenvalue weighted by Gasteiger charge is 2.49. The molecule has 0 aliphatic heterocycles. The molecule has 1 saturated carbocycles. The number of hydrogen-bond acceptors (Lipinski definition) is 4. The average Bonchev–Trinajstić information content (AvgIpc) is 2.86. The van der Waals surface area contributed by atoms with Crippen LogP contribution >= 0.6 is 0 Å². The van der Waals surface area contributed by atoms with Crippen molar-refractivity contribution in [2.75, 3.05) is 6.61 Å². The Morgan fingerprint density at radius 2 is 2.25 bits per heavy atom. The lowest BCUT2D eigenvalue weighted by Gasteiger charge is -2.51. The minimum atomic E-state index is -0.211. The Labute approximate surface area is 119 Å². The Morgan fingerprint density at radius 3 is 2.85 bits per heavy atom. The summed E-state index contributed by atoms with van der Waals surface area (Å²) in [5.74, 6) is 0.776. The van der Waals surface area contributed by atoms with E-state index in [9.17, 15) is 4.79 Å². The standard InChI is InChI=1S/C14H24N4O2/c1-5-7-11-16-12(18-17-11)13(19)15-9-8-10(20-6-2)14(9,3)4/h9-10H,5-8H2,1-4H3,(H,15,19)(H,16,17,18). The molecule has 112 valence electrons. The number of aromatic amines is 1. The number of nitrogens with one attached hydrogen (secondary N) is 2. The molecule has 0 saturated heterocycles. The summed E-state index contributed by atoms with van der Waals surface area (Å²) >= 11 is 0. The van der Waals surface area contributed by atoms with Crippen LogP contribution < -0.4 is 5.32 Å². The molecule has 6 nitrogen and oxygen atoms in total. The van der Waals surface area contributed by atoms with Gasteiger partial charge in [0.2, 0.25) is 5.82 Å². The predicted octanol–water partition coefficient (Wildman–Crippen LogP) is 1.69. The topological polar surface area (TPSA) is 79.9 Å². The van der Waals surface area contributed by atoms with Crippen molar-refractivity contribution in [3.63, 3.8) is 0 Å². The molecular formula is C14H24N4O2. The molecular weight excluding hydrogens is 256 g/mol. The highest BCUT2D eigenvalue weighted by atomic mass is 16.5. The minimum Gasteiger partial charge on any atom is -0.378 e. The van der Waals surface area contributed by atoms with Crippen LogP contribution in [0.25, 0.3) is 0 Å². The molecule has 1 amide bonds. The number of rotatable bonds is 6. The minimum absolute atomic E-state index is 0.0474. The SMILES string of the molecule is CCCc1nc(C(=O)NC2CC(OCC)C2(C)C)n[nH]1. The Kier molecular flexibility index (Phi) is 4.42. The van der Waals surface area contributed by atoms with Crippen LogP contribution in [-0.2, 0) is 11.2 Å². The summed E-state index contributed by atoms with van der Waals surface area (Å²) in [7, 11) is 0. The second kappa shape index (κ2) is 5.91. The van der Waals surface area contributed by atoms with Crippen molar-refractivity contribution in [2.24, 2.45) is 5.41 Å². The van der Waals surface area contributed by atoms with Gasteiger partial charge in [-0.2, -0.15) is 0 Å². The lowest BCUT2D eigenvalue weighted by molar-refractivity contribution is -0.111. The van der Waals surface area contributed by atoms with E-state index in [1.54, 1.807) is 0 Å². The number of carbonyl (C=O) groups excluding carboxylic acids is 1. The first-order valence-electron chi connectivity index (χ1n) is 7.32. The Balaban J connectivity index is 1.92. The largest absolute Gasteiger partial charge is 0.378 e. The highest BCUT2D eigenvalue weighted by Crippen LogP contribution is 2.42. The van der Waals surface area contributed by atoms with Crippen molar-refractivity contribution in [1.82, 2.24) is 20.5 Å². The number of H-pyrrole nitrogens is 1. The summed E-state index contributed by atoms with van der Waals surface area (Å²) in [6.45, 7) is 8.98. The van der Waals surface area contributed by atoms with Crippen LogP contribution in [0.4, 0.5) is 0 Å². The van der Waals surface area contributed by atoms with E-state index in [0.29, 0.717) is 6.61 Å². The predicted molar refractivity (Wildman–Crippen MR) is 75.4 cm³/mol. The molecule has 2 rings (SSSR count). The molecule has 1 aromatic rings. The van der Waals surface area contributed by atoms with E-state index in [1.165, 1.54) is 0 Å². The van der Waals surface area contributed by atoms with E-state index < -0.39 is 0 Å². The molecule has 6 heteroatoms. The molecule has 1 aliphatic rings. The molecule has 1 fully saturated rings. The maximum absolute atomic E-state index is 12.1. The summed E-state index contributed by atoms with van der Waals surface area (Å²) in [5, 5.41) is 9.77. The average molecular weight is 280 g/mol. The third-order valence-electron chi connectivity index (χ3n) is 4.07. The third-order valence-corrected chi connectivity index (χ3v) is 4.07. The first kappa shape index (κ1) is 15.0. The Morgan fingerprint density at radius 1 is 1.50 bits per heavy atom. The first-order chi connectivity index (χ1) is 9.48. The van der Waals surface area contributed by atoms with Gasteiger partial charge >= 0.3 is 0 Å². The maximum Gasteiger partial charge on any atom is 0.291 e. The van der Waals surface area contributed by atoms with Crippen molar-refractivity contribution < 1.29 is 9.53 Å². The number of aromatic nitrogens is 3. The molecule has 20 heavy (non-hydrogen) atoms. The fraction of sp³-hybridized carbons (Fsp3) is 0.786. The number of carbonyl (C=O) groups is 1. The summed E-state index contributed by atoms with van der Waals surface area (Å²) in [6.07, 6.45) is 2.84. The van der Waals surface area contributed by atoms with Gasteiger partial charge in [0.1, 0.15) is 5.82 Å². The number of ether oxygens (including phenoxy) is 1. The first-order valence-corrected chi connectivity index (χ1v) is 7.32. The van der Waals surface area contributed by atoms with Crippen LogP contribution in [0.1, 0.15) is 57.0 Å². The van der Waals surface area contributed by atoms with Gasteiger partial charge in [-0.15, -0.1) is 5.10 Å². The number of aryl methyl sites for hydroxylation is 1. The van der Waals surface area contributed by atoms with Crippen LogP contribution in [-0.4, -0.2) is 39.8 Å². The van der Waals surface area contributed by atoms with E-state index in [0.717, 1.165) is 25.1 Å². The van der Waals surface area contributed by atoms with Gasteiger partial charge in [-0.05, 0) is 19.8 Å². The Bertz CT molecular complexity index is 469. The van der Waals surface area contributed by atoms with Crippen molar-refractivity contribution in [2.45, 2.75) is 59.1 Å². The highest BCUT2D eigenvalue weighted by molar-refractivity contribution is 5.90. The van der Waals surface area contributed by atoms with Crippen LogP contribution in [0.5, 0.6) is 0 Å². The van der Waals surface area contributed by atoms with Gasteiger partial charge in [0.15, 0.2) is 0 Å². The summed E-state index contributed by atoms with van der Waals surface area (Å²) < 4.78 is 5.66. The van der Waals surface area contributed by atoms with Crippen LogP contribution in [0.2, 0.25) is 0 Å². The van der Waals surface area contributed by atoms with Crippen LogP contribution in [0, 0.1) is 5.41 Å². The molecule has 0 aromatic carbocycles. The third kappa shape index (κ3) is 2.85. The zero-order chi connectivity index (χ0) is 14.8. The maximum atomic E-state index is 12.1. The lowest BCUT2D eigenvalue weighted by atomic mass is 9.64. The summed E-state index contributed by atoms with van der Waals surface area (Å²) in [6, 6.07) is 0.111. The van der Waals surface area contributed by atoms with Gasteiger partial charge in [0.05, 0.1) is 6.10 Å². The Hall–Kier alpha value is -1.43. The van der Waals surface area contributed by atoms with Crippen molar-refractivity contribution >= 4 is 5.91 Å². The van der Waals surface area contributed by atoms with Crippen LogP contribution in [0.3, 0.4) is 0 Å². The fourth-order valence-electron chi connectivity index (χ4n) is 2.58. The molecule has 0 bridgehead atoms. The number of nitrogens with zero attached hydrogens (tertiary/aromatic N) is 2. The van der Waals surface area contributed by atoms with Crippen molar-refractivity contribution in [3.8, 4) is 0 Å². The fourth-order valence-corrected chi connectivity index (χ4v) is 2.58. The second-order valence-corrected chi connectivity index (χ2v) is 5.88. The van der Waals surface area contributed by atoms with Gasteiger partial charge in [0, 0.05) is 24.5 Å². The van der Waals surface area contributed by atoms with E-state index in [1.807, 2.05) is 6.92 Å². The summed E-state index contributed by atoms with van der Waals surface area (Å²) in [5.41, 5.74) is -0.0474. The van der Waals surface area contributed by atoms with E-state index >= 15 is 0 Å². The van der Waals surface area contributed by atoms with E-state index in [-0.39, 0.29) is 29.3 Å². The number of hydrogen-bond donors (Lipinski definition) is 2. The number of amides is 1. The molecule has 2 unspecified atom stereocenters. The quantitative estimate of drug-likeness (QED) is 0.831. The molecule has 1 heterocycles. The van der Waals surface area contributed by atoms with Gasteiger partial charge in [-0.3, -0.25) is 9.89 Å². The molecule has 1 aromatic heterocycles. The molecule has 2 atom stereocenters. The summed E-state index contributed by atoms with van der Waals surface area (Å²) in [4.78, 5) is 16.3. The zero-order valence-corrected chi connectivity index (χ0v) is 12.7. The zero-order valence-electron chi connectivity index (χ0n) is 12.7. The molecule has 0 radical (unpaired) electrons. The lowest BCUT2D eigenvalue weighted by Crippen LogP contribution is -2.62. The van der Waals surface area contributed by atoms with Gasteiger partial charge in [-0.1, -0.05) is 20.8 Å². The van der Waals surface area contributed by atoms with Crippen molar-refractivity contribution in [1.29, 1.82) is 0 Å². The molecule has 0 spiro atoms. The monoisotopic (exact) mass is 280 g/mol. The van der Waals surface area contributed by atoms with E-state index in [4.69, 9.17) is 4.74 Å². The normalized spacial score (nSPS) is 24.2. The smallest absolute Gasteiger partial charge is 0.291 e. The van der Waals surface area contributed by atoms with Gasteiger partial charge < -0.3 is 10.1 Å². The van der Waals surface area contributed by atoms with Crippen molar-refractivity contribution in [3.05, 3.63) is 11.6 Å². The molecule has 1 aliphatic carbocycles. The van der Waals surface area contributed by atoms with Gasteiger partial charge in [-0.25, -0.2) is 4.98 Å².